The zero-order valence-electron chi connectivity index (χ0n) is 16.5. The van der Waals surface area contributed by atoms with Gasteiger partial charge in [0.15, 0.2) is 11.5 Å². The number of piperazine rings is 1. The fraction of sp³-hybridized carbons (Fsp3) is 0.273. The molecule has 0 spiro atoms. The molecule has 1 fully saturated rings. The number of nitrogens with one attached hydrogen (secondary N) is 1. The van der Waals surface area contributed by atoms with Crippen LogP contribution in [0.5, 0.6) is 5.75 Å². The molecular weight excluding hydrogens is 425 g/mol. The van der Waals surface area contributed by atoms with Gasteiger partial charge in [-0.3, -0.25) is 14.5 Å². The molecule has 30 heavy (non-hydrogen) atoms. The quantitative estimate of drug-likeness (QED) is 0.599. The number of hydrogen-bond acceptors (Lipinski definition) is 4. The minimum absolute atomic E-state index is 0.0618. The summed E-state index contributed by atoms with van der Waals surface area (Å²) in [5.74, 6) is 0.125. The van der Waals surface area contributed by atoms with Gasteiger partial charge in [0.25, 0.3) is 5.91 Å². The highest BCUT2D eigenvalue weighted by atomic mass is 35.5. The Morgan fingerprint density at radius 3 is 2.47 bits per heavy atom. The van der Waals surface area contributed by atoms with E-state index >= 15 is 0 Å². The molecule has 1 saturated heterocycles. The van der Waals surface area contributed by atoms with Crippen molar-refractivity contribution in [1.82, 2.24) is 14.8 Å². The molecule has 3 aromatic rings. The van der Waals surface area contributed by atoms with Crippen LogP contribution in [0.4, 0.5) is 0 Å². The number of fused-ring (bicyclic) bond motifs is 1. The van der Waals surface area contributed by atoms with Gasteiger partial charge >= 0.3 is 0 Å². The molecule has 0 unspecified atom stereocenters. The fourth-order valence-corrected chi connectivity index (χ4v) is 4.25. The van der Waals surface area contributed by atoms with Crippen molar-refractivity contribution in [3.05, 3.63) is 63.8 Å². The number of halogens is 2. The van der Waals surface area contributed by atoms with E-state index in [2.05, 4.69) is 9.88 Å². The van der Waals surface area contributed by atoms with E-state index in [1.54, 1.807) is 23.2 Å². The number of H-pyrrole nitrogens is 1. The second-order valence-electron chi connectivity index (χ2n) is 7.18. The lowest BCUT2D eigenvalue weighted by Crippen LogP contribution is -2.50. The highest BCUT2D eigenvalue weighted by molar-refractivity contribution is 6.37. The maximum absolute atomic E-state index is 13.0. The van der Waals surface area contributed by atoms with Crippen LogP contribution in [0.15, 0.2) is 42.6 Å². The lowest BCUT2D eigenvalue weighted by atomic mass is 10.1. The third-order valence-corrected chi connectivity index (χ3v) is 6.01. The molecule has 0 bridgehead atoms. The summed E-state index contributed by atoms with van der Waals surface area (Å²) < 4.78 is 5.30. The average molecular weight is 446 g/mol. The minimum Gasteiger partial charge on any atom is -0.494 e. The van der Waals surface area contributed by atoms with E-state index in [-0.39, 0.29) is 23.0 Å². The molecule has 1 aromatic heterocycles. The molecule has 1 aliphatic rings. The van der Waals surface area contributed by atoms with Crippen LogP contribution in [-0.2, 0) is 0 Å². The molecule has 4 rings (SSSR count). The van der Waals surface area contributed by atoms with E-state index < -0.39 is 0 Å². The van der Waals surface area contributed by atoms with Crippen molar-refractivity contribution in [2.24, 2.45) is 0 Å². The van der Waals surface area contributed by atoms with E-state index in [0.717, 1.165) is 10.9 Å². The van der Waals surface area contributed by atoms with E-state index in [9.17, 15) is 9.59 Å². The SMILES string of the molecule is COc1c(Cl)ccc(Cl)c1C(=O)N1CCN(CC(=O)c2c[nH]c3ccccc23)CC1. The first-order valence-corrected chi connectivity index (χ1v) is 10.4. The summed E-state index contributed by atoms with van der Waals surface area (Å²) >= 11 is 12.4. The number of aromatic nitrogens is 1. The second-order valence-corrected chi connectivity index (χ2v) is 7.99. The van der Waals surface area contributed by atoms with E-state index in [1.165, 1.54) is 7.11 Å². The minimum atomic E-state index is -0.220. The number of hydrogen-bond donors (Lipinski definition) is 1. The number of Topliss-reactive ketones (excluding diaryl/α,β-unsaturated/α-hetero) is 1. The van der Waals surface area contributed by atoms with Crippen LogP contribution in [0.25, 0.3) is 10.9 Å². The largest absolute Gasteiger partial charge is 0.494 e. The Kier molecular flexibility index (Phi) is 5.99. The number of ether oxygens (including phenoxy) is 1. The van der Waals surface area contributed by atoms with Crippen molar-refractivity contribution in [2.45, 2.75) is 0 Å². The second kappa shape index (κ2) is 8.68. The molecule has 2 aromatic carbocycles. The van der Waals surface area contributed by atoms with Gasteiger partial charge < -0.3 is 14.6 Å². The standard InChI is InChI=1S/C22H21Cl2N3O3/c1-30-21-17(24)7-6-16(23)20(21)22(29)27-10-8-26(9-11-27)13-19(28)15-12-25-18-5-3-2-4-14(15)18/h2-7,12,25H,8-11,13H2,1H3. The molecule has 156 valence electrons. The number of amides is 1. The normalized spacial score (nSPS) is 14.8. The van der Waals surface area contributed by atoms with Gasteiger partial charge in [0.2, 0.25) is 0 Å². The summed E-state index contributed by atoms with van der Waals surface area (Å²) in [6.07, 6.45) is 1.76. The summed E-state index contributed by atoms with van der Waals surface area (Å²) in [6.45, 7) is 2.49. The van der Waals surface area contributed by atoms with Gasteiger partial charge in [-0.25, -0.2) is 0 Å². The van der Waals surface area contributed by atoms with Gasteiger partial charge in [0.1, 0.15) is 5.56 Å². The number of rotatable bonds is 5. The van der Waals surface area contributed by atoms with Crippen LogP contribution in [0, 0.1) is 0 Å². The van der Waals surface area contributed by atoms with Gasteiger partial charge in [-0.05, 0) is 18.2 Å². The molecule has 1 N–H and O–H groups in total. The summed E-state index contributed by atoms with van der Waals surface area (Å²) in [7, 11) is 1.46. The third kappa shape index (κ3) is 3.90. The maximum atomic E-state index is 13.0. The Bertz CT molecular complexity index is 1100. The average Bonchev–Trinajstić information content (AvgIpc) is 3.19. The Hall–Kier alpha value is -2.54. The lowest BCUT2D eigenvalue weighted by molar-refractivity contribution is 0.0622. The van der Waals surface area contributed by atoms with Crippen molar-refractivity contribution in [1.29, 1.82) is 0 Å². The zero-order valence-corrected chi connectivity index (χ0v) is 18.0. The Morgan fingerprint density at radius 1 is 1.03 bits per heavy atom. The Morgan fingerprint density at radius 2 is 1.73 bits per heavy atom. The highest BCUT2D eigenvalue weighted by Gasteiger charge is 2.28. The van der Waals surface area contributed by atoms with Gasteiger partial charge in [-0.15, -0.1) is 0 Å². The Labute approximate surface area is 184 Å². The van der Waals surface area contributed by atoms with Crippen LogP contribution in [0.1, 0.15) is 20.7 Å². The van der Waals surface area contributed by atoms with Crippen molar-refractivity contribution in [2.75, 3.05) is 39.8 Å². The van der Waals surface area contributed by atoms with E-state index in [0.29, 0.717) is 48.3 Å². The predicted octanol–water partition coefficient (Wildman–Crippen LogP) is 4.12. The molecule has 1 amide bonds. The summed E-state index contributed by atoms with van der Waals surface area (Å²) in [5, 5.41) is 1.57. The number of nitrogens with zero attached hydrogens (tertiary/aromatic N) is 2. The number of benzene rings is 2. The molecule has 0 saturated carbocycles. The number of carbonyl (C=O) groups is 2. The monoisotopic (exact) mass is 445 g/mol. The number of ketones is 1. The molecule has 2 heterocycles. The molecule has 8 heteroatoms. The first kappa shape index (κ1) is 20.7. The molecule has 6 nitrogen and oxygen atoms in total. The molecular formula is C22H21Cl2N3O3. The fourth-order valence-electron chi connectivity index (χ4n) is 3.79. The van der Waals surface area contributed by atoms with E-state index in [1.807, 2.05) is 24.3 Å². The van der Waals surface area contributed by atoms with Crippen LogP contribution >= 0.6 is 23.2 Å². The number of carbonyl (C=O) groups excluding carboxylic acids is 2. The van der Waals surface area contributed by atoms with Crippen molar-refractivity contribution >= 4 is 45.8 Å². The topological polar surface area (TPSA) is 65.6 Å². The van der Waals surface area contributed by atoms with Crippen LogP contribution < -0.4 is 4.74 Å². The molecule has 0 atom stereocenters. The number of aromatic amines is 1. The van der Waals surface area contributed by atoms with Crippen LogP contribution in [-0.4, -0.2) is 66.3 Å². The van der Waals surface area contributed by atoms with Gasteiger partial charge in [-0.2, -0.15) is 0 Å². The first-order valence-electron chi connectivity index (χ1n) is 9.62. The summed E-state index contributed by atoms with van der Waals surface area (Å²) in [6, 6.07) is 10.9. The van der Waals surface area contributed by atoms with Crippen molar-refractivity contribution < 1.29 is 14.3 Å². The zero-order chi connectivity index (χ0) is 21.3. The Balaban J connectivity index is 1.41. The molecule has 0 radical (unpaired) electrons. The van der Waals surface area contributed by atoms with Gasteiger partial charge in [0.05, 0.1) is 23.7 Å². The molecule has 0 aliphatic carbocycles. The predicted molar refractivity (Wildman–Crippen MR) is 118 cm³/mol. The maximum Gasteiger partial charge on any atom is 0.259 e. The smallest absolute Gasteiger partial charge is 0.259 e. The van der Waals surface area contributed by atoms with Crippen LogP contribution in [0.3, 0.4) is 0 Å². The number of para-hydroxylation sites is 1. The first-order chi connectivity index (χ1) is 14.5. The third-order valence-electron chi connectivity index (χ3n) is 5.39. The van der Waals surface area contributed by atoms with E-state index in [4.69, 9.17) is 27.9 Å². The molecule has 1 aliphatic heterocycles. The van der Waals surface area contributed by atoms with Crippen molar-refractivity contribution in [3.8, 4) is 5.75 Å². The summed E-state index contributed by atoms with van der Waals surface area (Å²) in [4.78, 5) is 32.7. The van der Waals surface area contributed by atoms with Gasteiger partial charge in [0, 0.05) is 48.8 Å². The lowest BCUT2D eigenvalue weighted by Gasteiger charge is -2.34. The van der Waals surface area contributed by atoms with Gasteiger partial charge in [-0.1, -0.05) is 41.4 Å². The van der Waals surface area contributed by atoms with Crippen LogP contribution in [0.2, 0.25) is 10.0 Å². The highest BCUT2D eigenvalue weighted by Crippen LogP contribution is 2.34. The number of methoxy groups -OCH3 is 1. The summed E-state index contributed by atoms with van der Waals surface area (Å²) in [5.41, 5.74) is 1.91. The van der Waals surface area contributed by atoms with Crippen molar-refractivity contribution in [3.63, 3.8) is 0 Å².